The Hall–Kier alpha value is -2.63. The Labute approximate surface area is 158 Å². The molecule has 1 fully saturated rings. The fourth-order valence-corrected chi connectivity index (χ4v) is 4.30. The van der Waals surface area contributed by atoms with Gasteiger partial charge < -0.3 is 14.6 Å². The molecule has 1 amide bonds. The SMILES string of the molecule is CCc1nc2c(c(=O)[nH]1)C[C@H]1CC[C@@H](C2)N1C(=O)COc1cccc(C)c1. The largest absolute Gasteiger partial charge is 0.484 e. The Morgan fingerprint density at radius 2 is 2.07 bits per heavy atom. The summed E-state index contributed by atoms with van der Waals surface area (Å²) in [6, 6.07) is 7.86. The number of ether oxygens (including phenoxy) is 1. The lowest BCUT2D eigenvalue weighted by molar-refractivity contribution is -0.136. The first-order valence-corrected chi connectivity index (χ1v) is 9.66. The summed E-state index contributed by atoms with van der Waals surface area (Å²) < 4.78 is 5.73. The van der Waals surface area contributed by atoms with E-state index in [1.54, 1.807) is 0 Å². The molecule has 2 aliphatic rings. The summed E-state index contributed by atoms with van der Waals surface area (Å²) in [5.74, 6) is 1.42. The van der Waals surface area contributed by atoms with E-state index in [2.05, 4.69) is 9.97 Å². The van der Waals surface area contributed by atoms with Crippen molar-refractivity contribution in [3.63, 3.8) is 0 Å². The van der Waals surface area contributed by atoms with E-state index in [0.717, 1.165) is 35.5 Å². The van der Waals surface area contributed by atoms with Crippen LogP contribution in [0.3, 0.4) is 0 Å². The fourth-order valence-electron chi connectivity index (χ4n) is 4.30. The van der Waals surface area contributed by atoms with Crippen LogP contribution in [0.2, 0.25) is 0 Å². The van der Waals surface area contributed by atoms with E-state index in [0.29, 0.717) is 25.0 Å². The molecule has 142 valence electrons. The lowest BCUT2D eigenvalue weighted by Crippen LogP contribution is -2.44. The summed E-state index contributed by atoms with van der Waals surface area (Å²) >= 11 is 0. The zero-order valence-electron chi connectivity index (χ0n) is 15.8. The quantitative estimate of drug-likeness (QED) is 0.899. The van der Waals surface area contributed by atoms with Crippen molar-refractivity contribution in [2.24, 2.45) is 0 Å². The number of carbonyl (C=O) groups excluding carboxylic acids is 1. The van der Waals surface area contributed by atoms with E-state index in [9.17, 15) is 9.59 Å². The van der Waals surface area contributed by atoms with E-state index in [1.807, 2.05) is 43.0 Å². The van der Waals surface area contributed by atoms with Crippen LogP contribution >= 0.6 is 0 Å². The fraction of sp³-hybridized carbons (Fsp3) is 0.476. The molecule has 0 aliphatic carbocycles. The molecule has 1 N–H and O–H groups in total. The molecular weight excluding hydrogens is 342 g/mol. The molecule has 27 heavy (non-hydrogen) atoms. The van der Waals surface area contributed by atoms with Gasteiger partial charge in [-0.25, -0.2) is 4.98 Å². The van der Waals surface area contributed by atoms with Gasteiger partial charge in [0.2, 0.25) is 0 Å². The average molecular weight is 367 g/mol. The second kappa shape index (κ2) is 7.18. The minimum absolute atomic E-state index is 0.0102. The zero-order chi connectivity index (χ0) is 19.0. The lowest BCUT2D eigenvalue weighted by Gasteiger charge is -2.28. The number of rotatable bonds is 4. The maximum atomic E-state index is 12.9. The molecule has 1 aromatic carbocycles. The predicted octanol–water partition coefficient (Wildman–Crippen LogP) is 2.18. The molecule has 4 rings (SSSR count). The summed E-state index contributed by atoms with van der Waals surface area (Å²) in [6.07, 6.45) is 3.81. The lowest BCUT2D eigenvalue weighted by atomic mass is 9.98. The first-order chi connectivity index (χ1) is 13.0. The van der Waals surface area contributed by atoms with E-state index in [4.69, 9.17) is 4.74 Å². The van der Waals surface area contributed by atoms with Gasteiger partial charge in [-0.2, -0.15) is 0 Å². The smallest absolute Gasteiger partial charge is 0.261 e. The molecule has 2 atom stereocenters. The van der Waals surface area contributed by atoms with Gasteiger partial charge in [-0.3, -0.25) is 9.59 Å². The number of nitrogens with zero attached hydrogens (tertiary/aromatic N) is 2. The highest BCUT2D eigenvalue weighted by atomic mass is 16.5. The average Bonchev–Trinajstić information content (AvgIpc) is 2.95. The van der Waals surface area contributed by atoms with Gasteiger partial charge >= 0.3 is 0 Å². The molecule has 2 bridgehead atoms. The van der Waals surface area contributed by atoms with Crippen LogP contribution in [0.15, 0.2) is 29.1 Å². The Morgan fingerprint density at radius 1 is 1.30 bits per heavy atom. The number of benzene rings is 1. The number of amides is 1. The predicted molar refractivity (Wildman–Crippen MR) is 102 cm³/mol. The molecule has 0 radical (unpaired) electrons. The Bertz CT molecular complexity index is 921. The first kappa shape index (κ1) is 17.8. The van der Waals surface area contributed by atoms with Crippen LogP contribution in [0.5, 0.6) is 5.75 Å². The van der Waals surface area contributed by atoms with E-state index in [1.165, 1.54) is 0 Å². The van der Waals surface area contributed by atoms with Crippen molar-refractivity contribution in [2.75, 3.05) is 6.61 Å². The van der Waals surface area contributed by atoms with Crippen molar-refractivity contribution < 1.29 is 9.53 Å². The summed E-state index contributed by atoms with van der Waals surface area (Å²) in [4.78, 5) is 34.9. The molecule has 0 unspecified atom stereocenters. The summed E-state index contributed by atoms with van der Waals surface area (Å²) in [7, 11) is 0. The van der Waals surface area contributed by atoms with E-state index < -0.39 is 0 Å². The first-order valence-electron chi connectivity index (χ1n) is 9.66. The van der Waals surface area contributed by atoms with Crippen LogP contribution < -0.4 is 10.3 Å². The second-order valence-corrected chi connectivity index (χ2v) is 7.49. The van der Waals surface area contributed by atoms with Gasteiger partial charge in [-0.1, -0.05) is 19.1 Å². The topological polar surface area (TPSA) is 75.3 Å². The molecule has 0 saturated carbocycles. The summed E-state index contributed by atoms with van der Waals surface area (Å²) in [5.41, 5.74) is 2.66. The van der Waals surface area contributed by atoms with Gasteiger partial charge in [0.05, 0.1) is 5.69 Å². The maximum absolute atomic E-state index is 12.9. The van der Waals surface area contributed by atoms with Gasteiger partial charge in [-0.05, 0) is 37.5 Å². The third-order valence-electron chi connectivity index (χ3n) is 5.61. The van der Waals surface area contributed by atoms with Crippen LogP contribution in [-0.2, 0) is 24.1 Å². The van der Waals surface area contributed by atoms with Crippen LogP contribution in [0.1, 0.15) is 42.4 Å². The molecule has 3 heterocycles. The van der Waals surface area contributed by atoms with Crippen molar-refractivity contribution >= 4 is 5.91 Å². The zero-order valence-corrected chi connectivity index (χ0v) is 15.8. The minimum atomic E-state index is -0.0483. The highest BCUT2D eigenvalue weighted by Crippen LogP contribution is 2.32. The molecule has 1 aromatic heterocycles. The van der Waals surface area contributed by atoms with Crippen LogP contribution in [0.4, 0.5) is 0 Å². The third kappa shape index (κ3) is 3.48. The normalized spacial score (nSPS) is 20.9. The van der Waals surface area contributed by atoms with Gasteiger partial charge in [0, 0.05) is 36.9 Å². The van der Waals surface area contributed by atoms with Gasteiger partial charge in [0.1, 0.15) is 11.6 Å². The number of aromatic amines is 1. The van der Waals surface area contributed by atoms with E-state index >= 15 is 0 Å². The Kier molecular flexibility index (Phi) is 4.72. The second-order valence-electron chi connectivity index (χ2n) is 7.49. The number of hydrogen-bond acceptors (Lipinski definition) is 4. The minimum Gasteiger partial charge on any atom is -0.484 e. The Morgan fingerprint density at radius 3 is 2.81 bits per heavy atom. The highest BCUT2D eigenvalue weighted by molar-refractivity contribution is 5.79. The molecule has 2 aliphatic heterocycles. The number of hydrogen-bond donors (Lipinski definition) is 1. The Balaban J connectivity index is 1.52. The molecular formula is C21H25N3O3. The summed E-state index contributed by atoms with van der Waals surface area (Å²) in [6.45, 7) is 4.00. The molecule has 1 saturated heterocycles. The molecule has 0 spiro atoms. The number of nitrogens with one attached hydrogen (secondary N) is 1. The van der Waals surface area contributed by atoms with Crippen molar-refractivity contribution in [3.05, 3.63) is 57.3 Å². The summed E-state index contributed by atoms with van der Waals surface area (Å²) in [5, 5.41) is 0. The van der Waals surface area contributed by atoms with Crippen molar-refractivity contribution in [2.45, 2.75) is 58.0 Å². The van der Waals surface area contributed by atoms with Gasteiger partial charge in [-0.15, -0.1) is 0 Å². The van der Waals surface area contributed by atoms with Gasteiger partial charge in [0.15, 0.2) is 6.61 Å². The van der Waals surface area contributed by atoms with Crippen molar-refractivity contribution in [3.8, 4) is 5.75 Å². The number of fused-ring (bicyclic) bond motifs is 3. The number of H-pyrrole nitrogens is 1. The van der Waals surface area contributed by atoms with Crippen molar-refractivity contribution in [1.29, 1.82) is 0 Å². The van der Waals surface area contributed by atoms with Crippen LogP contribution in [-0.4, -0.2) is 39.5 Å². The third-order valence-corrected chi connectivity index (χ3v) is 5.61. The molecule has 2 aromatic rings. The molecule has 6 nitrogen and oxygen atoms in total. The van der Waals surface area contributed by atoms with Crippen LogP contribution in [0.25, 0.3) is 0 Å². The van der Waals surface area contributed by atoms with E-state index in [-0.39, 0.29) is 30.2 Å². The standard InChI is InChI=1S/C21H25N3O3/c1-3-19-22-18-11-15-8-7-14(10-17(18)21(26)23-19)24(15)20(25)12-27-16-6-4-5-13(2)9-16/h4-6,9,14-15H,3,7-8,10-12H2,1-2H3,(H,22,23,26)/t14-,15+/m1/s1. The highest BCUT2D eigenvalue weighted by Gasteiger charge is 2.41. The maximum Gasteiger partial charge on any atom is 0.261 e. The monoisotopic (exact) mass is 367 g/mol. The number of aromatic nitrogens is 2. The number of aryl methyl sites for hydroxylation is 2. The number of carbonyl (C=O) groups is 1. The van der Waals surface area contributed by atoms with Crippen molar-refractivity contribution in [1.82, 2.24) is 14.9 Å². The van der Waals surface area contributed by atoms with Crippen LogP contribution in [0, 0.1) is 6.92 Å². The van der Waals surface area contributed by atoms with Gasteiger partial charge in [0.25, 0.3) is 11.5 Å². The molecule has 6 heteroatoms.